The number of benzene rings is 1. The fourth-order valence-corrected chi connectivity index (χ4v) is 2.68. The minimum atomic E-state index is -0.0913. The SMILES string of the molecule is COc1ccc(Cl)cc1C(CN)c1cc(C)nn1CCO. The second-order valence-electron chi connectivity index (χ2n) is 4.83. The predicted molar refractivity (Wildman–Crippen MR) is 83.0 cm³/mol. The van der Waals surface area contributed by atoms with Crippen molar-refractivity contribution < 1.29 is 9.84 Å². The van der Waals surface area contributed by atoms with Crippen LogP contribution in [0.4, 0.5) is 0 Å². The Bertz CT molecular complexity index is 613. The van der Waals surface area contributed by atoms with Gasteiger partial charge in [-0.2, -0.15) is 5.10 Å². The third kappa shape index (κ3) is 3.37. The molecule has 6 heteroatoms. The van der Waals surface area contributed by atoms with Gasteiger partial charge in [-0.1, -0.05) is 11.6 Å². The number of aryl methyl sites for hydroxylation is 1. The molecule has 0 saturated carbocycles. The largest absolute Gasteiger partial charge is 0.496 e. The number of rotatable bonds is 6. The number of hydrogen-bond donors (Lipinski definition) is 2. The molecule has 3 N–H and O–H groups in total. The van der Waals surface area contributed by atoms with E-state index in [9.17, 15) is 5.11 Å². The van der Waals surface area contributed by atoms with Gasteiger partial charge in [0, 0.05) is 28.7 Å². The Hall–Kier alpha value is -1.56. The van der Waals surface area contributed by atoms with Crippen molar-refractivity contribution in [1.82, 2.24) is 9.78 Å². The van der Waals surface area contributed by atoms with Gasteiger partial charge in [0.05, 0.1) is 26.0 Å². The first-order valence-corrected chi connectivity index (χ1v) is 7.17. The van der Waals surface area contributed by atoms with Crippen molar-refractivity contribution in [2.45, 2.75) is 19.4 Å². The topological polar surface area (TPSA) is 73.3 Å². The fraction of sp³-hybridized carbons (Fsp3) is 0.400. The number of hydrogen-bond acceptors (Lipinski definition) is 4. The van der Waals surface area contributed by atoms with E-state index in [2.05, 4.69) is 5.10 Å². The van der Waals surface area contributed by atoms with E-state index in [-0.39, 0.29) is 12.5 Å². The van der Waals surface area contributed by atoms with Gasteiger partial charge in [0.2, 0.25) is 0 Å². The molecule has 1 aromatic carbocycles. The summed E-state index contributed by atoms with van der Waals surface area (Å²) < 4.78 is 7.20. The molecule has 114 valence electrons. The smallest absolute Gasteiger partial charge is 0.122 e. The third-order valence-electron chi connectivity index (χ3n) is 3.40. The monoisotopic (exact) mass is 309 g/mol. The van der Waals surface area contributed by atoms with Crippen LogP contribution in [0.1, 0.15) is 22.9 Å². The van der Waals surface area contributed by atoms with Crippen LogP contribution in [0.3, 0.4) is 0 Å². The second-order valence-corrected chi connectivity index (χ2v) is 5.27. The summed E-state index contributed by atoms with van der Waals surface area (Å²) in [4.78, 5) is 0. The number of aliphatic hydroxyl groups excluding tert-OH is 1. The van der Waals surface area contributed by atoms with Gasteiger partial charge >= 0.3 is 0 Å². The number of nitrogens with two attached hydrogens (primary N) is 1. The third-order valence-corrected chi connectivity index (χ3v) is 3.64. The van der Waals surface area contributed by atoms with Gasteiger partial charge in [-0.3, -0.25) is 4.68 Å². The molecule has 0 radical (unpaired) electrons. The van der Waals surface area contributed by atoms with Crippen LogP contribution in [0.15, 0.2) is 24.3 Å². The highest BCUT2D eigenvalue weighted by Gasteiger charge is 2.22. The van der Waals surface area contributed by atoms with E-state index in [0.29, 0.717) is 18.1 Å². The molecule has 1 heterocycles. The lowest BCUT2D eigenvalue weighted by atomic mass is 9.94. The average molecular weight is 310 g/mol. The first-order chi connectivity index (χ1) is 10.1. The summed E-state index contributed by atoms with van der Waals surface area (Å²) >= 11 is 6.11. The van der Waals surface area contributed by atoms with E-state index in [0.717, 1.165) is 22.7 Å². The Morgan fingerprint density at radius 2 is 2.19 bits per heavy atom. The van der Waals surface area contributed by atoms with Crippen LogP contribution >= 0.6 is 11.6 Å². The van der Waals surface area contributed by atoms with Gasteiger partial charge in [0.25, 0.3) is 0 Å². The van der Waals surface area contributed by atoms with Gasteiger partial charge in [-0.05, 0) is 31.2 Å². The zero-order chi connectivity index (χ0) is 15.4. The summed E-state index contributed by atoms with van der Waals surface area (Å²) in [5.74, 6) is 0.649. The second kappa shape index (κ2) is 6.93. The van der Waals surface area contributed by atoms with Crippen LogP contribution in [-0.2, 0) is 6.54 Å². The van der Waals surface area contributed by atoms with Gasteiger partial charge in [-0.25, -0.2) is 0 Å². The first kappa shape index (κ1) is 15.8. The van der Waals surface area contributed by atoms with Crippen molar-refractivity contribution >= 4 is 11.6 Å². The molecule has 1 atom stereocenters. The van der Waals surface area contributed by atoms with Crippen LogP contribution in [0, 0.1) is 6.92 Å². The molecule has 0 amide bonds. The Balaban J connectivity index is 2.51. The average Bonchev–Trinajstić information content (AvgIpc) is 2.81. The van der Waals surface area contributed by atoms with Crippen molar-refractivity contribution in [3.8, 4) is 5.75 Å². The molecule has 0 aliphatic carbocycles. The molecule has 0 aliphatic rings. The molecule has 2 aromatic rings. The zero-order valence-corrected chi connectivity index (χ0v) is 13.0. The molecule has 21 heavy (non-hydrogen) atoms. The first-order valence-electron chi connectivity index (χ1n) is 6.79. The van der Waals surface area contributed by atoms with Crippen LogP contribution < -0.4 is 10.5 Å². The maximum absolute atomic E-state index is 9.19. The van der Waals surface area contributed by atoms with Gasteiger partial charge < -0.3 is 15.6 Å². The molecular formula is C15H20ClN3O2. The molecule has 5 nitrogen and oxygen atoms in total. The summed E-state index contributed by atoms with van der Waals surface area (Å²) in [6, 6.07) is 7.46. The highest BCUT2D eigenvalue weighted by molar-refractivity contribution is 6.30. The number of nitrogens with zero attached hydrogens (tertiary/aromatic N) is 2. The Labute approximate surface area is 129 Å². The summed E-state index contributed by atoms with van der Waals surface area (Å²) in [6.45, 7) is 2.77. The minimum absolute atomic E-state index is 0.0259. The van der Waals surface area contributed by atoms with Crippen LogP contribution in [0.25, 0.3) is 0 Å². The number of methoxy groups -OCH3 is 1. The number of halogens is 1. The van der Waals surface area contributed by atoms with E-state index in [1.165, 1.54) is 0 Å². The summed E-state index contributed by atoms with van der Waals surface area (Å²) in [5.41, 5.74) is 8.74. The lowest BCUT2D eigenvalue weighted by molar-refractivity contribution is 0.266. The highest BCUT2D eigenvalue weighted by atomic mass is 35.5. The van der Waals surface area contributed by atoms with E-state index >= 15 is 0 Å². The summed E-state index contributed by atoms with van der Waals surface area (Å²) in [5, 5.41) is 14.2. The Morgan fingerprint density at radius 3 is 2.81 bits per heavy atom. The molecular weight excluding hydrogens is 290 g/mol. The normalized spacial score (nSPS) is 12.4. The van der Waals surface area contributed by atoms with Crippen molar-refractivity contribution in [3.63, 3.8) is 0 Å². The van der Waals surface area contributed by atoms with Crippen LogP contribution in [0.5, 0.6) is 5.75 Å². The van der Waals surface area contributed by atoms with E-state index in [1.807, 2.05) is 25.1 Å². The maximum atomic E-state index is 9.19. The van der Waals surface area contributed by atoms with E-state index < -0.39 is 0 Å². The fourth-order valence-electron chi connectivity index (χ4n) is 2.50. The van der Waals surface area contributed by atoms with Gasteiger partial charge in [0.15, 0.2) is 0 Å². The molecule has 1 aromatic heterocycles. The Kier molecular flexibility index (Phi) is 5.22. The number of aliphatic hydroxyl groups is 1. The lowest BCUT2D eigenvalue weighted by Gasteiger charge is -2.20. The standard InChI is InChI=1S/C15H20ClN3O2/c1-10-7-14(19(18-10)5-6-20)13(9-17)12-8-11(16)3-4-15(12)21-2/h3-4,7-8,13,20H,5-6,9,17H2,1-2H3. The van der Waals surface area contributed by atoms with E-state index in [4.69, 9.17) is 22.1 Å². The molecule has 0 saturated heterocycles. The highest BCUT2D eigenvalue weighted by Crippen LogP contribution is 2.33. The molecule has 0 bridgehead atoms. The van der Waals surface area contributed by atoms with Crippen molar-refractivity contribution in [1.29, 1.82) is 0 Å². The molecule has 0 fully saturated rings. The number of aromatic nitrogens is 2. The van der Waals surface area contributed by atoms with Gasteiger partial charge in [-0.15, -0.1) is 0 Å². The van der Waals surface area contributed by atoms with Gasteiger partial charge in [0.1, 0.15) is 5.75 Å². The number of ether oxygens (including phenoxy) is 1. The van der Waals surface area contributed by atoms with E-state index in [1.54, 1.807) is 17.9 Å². The molecule has 2 rings (SSSR count). The maximum Gasteiger partial charge on any atom is 0.122 e. The molecule has 0 aliphatic heterocycles. The quantitative estimate of drug-likeness (QED) is 0.855. The zero-order valence-electron chi connectivity index (χ0n) is 12.2. The predicted octanol–water partition coefficient (Wildman–Crippen LogP) is 1.94. The van der Waals surface area contributed by atoms with Crippen molar-refractivity contribution in [2.24, 2.45) is 5.73 Å². The molecule has 0 spiro atoms. The molecule has 1 unspecified atom stereocenters. The minimum Gasteiger partial charge on any atom is -0.496 e. The summed E-state index contributed by atoms with van der Waals surface area (Å²) in [7, 11) is 1.62. The van der Waals surface area contributed by atoms with Crippen molar-refractivity contribution in [3.05, 3.63) is 46.2 Å². The van der Waals surface area contributed by atoms with Crippen molar-refractivity contribution in [2.75, 3.05) is 20.3 Å². The van der Waals surface area contributed by atoms with Crippen LogP contribution in [-0.4, -0.2) is 35.1 Å². The summed E-state index contributed by atoms with van der Waals surface area (Å²) in [6.07, 6.45) is 0. The lowest BCUT2D eigenvalue weighted by Crippen LogP contribution is -2.20. The Morgan fingerprint density at radius 1 is 1.43 bits per heavy atom. The van der Waals surface area contributed by atoms with Crippen LogP contribution in [0.2, 0.25) is 5.02 Å².